The molecule has 0 spiro atoms. The largest absolute Gasteiger partial charge is 0.377 e. The van der Waals surface area contributed by atoms with Crippen LogP contribution in [0.2, 0.25) is 0 Å². The van der Waals surface area contributed by atoms with Crippen molar-refractivity contribution in [3.05, 3.63) is 0 Å². The van der Waals surface area contributed by atoms with Crippen molar-refractivity contribution in [1.29, 1.82) is 5.53 Å². The molecule has 0 aromatic rings. The number of hydrogen-bond donors (Lipinski definition) is 4. The highest BCUT2D eigenvalue weighted by Gasteiger charge is 2.42. The van der Waals surface area contributed by atoms with Crippen LogP contribution in [0.1, 0.15) is 25.7 Å². The van der Waals surface area contributed by atoms with E-state index in [1.54, 1.807) is 0 Å². The number of fused-ring (bicyclic) bond motifs is 1. The summed E-state index contributed by atoms with van der Waals surface area (Å²) in [5.74, 6) is 1.01. The molecule has 3 atom stereocenters. The molecule has 0 aliphatic carbocycles. The van der Waals surface area contributed by atoms with E-state index >= 15 is 0 Å². The van der Waals surface area contributed by atoms with E-state index in [0.29, 0.717) is 51.2 Å². The molecule has 2 aliphatic rings. The van der Waals surface area contributed by atoms with E-state index in [-0.39, 0.29) is 24.0 Å². The molecule has 3 amide bonds. The number of ether oxygens (including phenoxy) is 2. The maximum absolute atomic E-state index is 11.8. The summed E-state index contributed by atoms with van der Waals surface area (Å²) >= 11 is 1.90. The fourth-order valence-corrected chi connectivity index (χ4v) is 4.65. The second-order valence-corrected chi connectivity index (χ2v) is 7.68. The summed E-state index contributed by atoms with van der Waals surface area (Å²) in [4.78, 5) is 26.0. The smallest absolute Gasteiger partial charge is 0.315 e. The summed E-state index contributed by atoms with van der Waals surface area (Å²) < 4.78 is 10.6. The van der Waals surface area contributed by atoms with E-state index in [1.807, 2.05) is 11.8 Å². The van der Waals surface area contributed by atoms with Crippen LogP contribution in [0.15, 0.2) is 5.11 Å². The summed E-state index contributed by atoms with van der Waals surface area (Å²) in [6, 6.07) is 0.438. The first kappa shape index (κ1) is 21.6. The van der Waals surface area contributed by atoms with E-state index in [4.69, 9.17) is 15.0 Å². The van der Waals surface area contributed by atoms with Crippen LogP contribution in [0.4, 0.5) is 4.79 Å². The number of nitrogens with zero attached hydrogens (tertiary/aromatic N) is 2. The van der Waals surface area contributed by atoms with Crippen molar-refractivity contribution in [3.8, 4) is 0 Å². The Morgan fingerprint density at radius 3 is 2.89 bits per heavy atom. The molecule has 0 saturated carbocycles. The molecule has 4 N–H and O–H groups in total. The Morgan fingerprint density at radius 1 is 1.26 bits per heavy atom. The second-order valence-electron chi connectivity index (χ2n) is 6.41. The summed E-state index contributed by atoms with van der Waals surface area (Å²) in [5, 5.41) is 12.7. The minimum Gasteiger partial charge on any atom is -0.377 e. The molecule has 27 heavy (non-hydrogen) atoms. The molecule has 2 heterocycles. The van der Waals surface area contributed by atoms with Gasteiger partial charge in [-0.2, -0.15) is 11.8 Å². The average Bonchev–Trinajstić information content (AvgIpc) is 3.20. The van der Waals surface area contributed by atoms with Crippen LogP contribution in [0.3, 0.4) is 0 Å². The van der Waals surface area contributed by atoms with Crippen LogP contribution in [-0.2, 0) is 14.3 Å². The highest BCUT2D eigenvalue weighted by molar-refractivity contribution is 8.00. The van der Waals surface area contributed by atoms with Crippen LogP contribution in [-0.4, -0.2) is 74.5 Å². The molecule has 2 saturated heterocycles. The number of nitrogens with one attached hydrogen (secondary N) is 4. The fraction of sp³-hybridized carbons (Fsp3) is 0.875. The van der Waals surface area contributed by atoms with Gasteiger partial charge < -0.3 is 25.4 Å². The topological polar surface area (TPSA) is 139 Å². The number of urea groups is 1. The van der Waals surface area contributed by atoms with Crippen molar-refractivity contribution in [2.75, 3.05) is 45.3 Å². The van der Waals surface area contributed by atoms with Gasteiger partial charge in [0.15, 0.2) is 0 Å². The Morgan fingerprint density at radius 2 is 2.07 bits per heavy atom. The third-order valence-electron chi connectivity index (χ3n) is 4.43. The molecule has 152 valence electrons. The predicted molar refractivity (Wildman–Crippen MR) is 101 cm³/mol. The van der Waals surface area contributed by atoms with E-state index in [9.17, 15) is 9.59 Å². The number of carbonyl (C=O) groups excluding carboxylic acids is 2. The number of thioether (sulfide) groups is 1. The van der Waals surface area contributed by atoms with Gasteiger partial charge in [-0.25, -0.2) is 4.79 Å². The van der Waals surface area contributed by atoms with E-state index in [1.165, 1.54) is 0 Å². The van der Waals surface area contributed by atoms with Crippen molar-refractivity contribution in [2.45, 2.75) is 43.0 Å². The van der Waals surface area contributed by atoms with Crippen LogP contribution in [0, 0.1) is 5.53 Å². The third-order valence-corrected chi connectivity index (χ3v) is 5.94. The Kier molecular flexibility index (Phi) is 10.1. The van der Waals surface area contributed by atoms with Crippen molar-refractivity contribution in [1.82, 2.24) is 20.9 Å². The minimum absolute atomic E-state index is 0.0448. The van der Waals surface area contributed by atoms with Crippen molar-refractivity contribution in [2.24, 2.45) is 5.11 Å². The zero-order valence-electron chi connectivity index (χ0n) is 15.4. The first-order valence-corrected chi connectivity index (χ1v) is 10.4. The Balaban J connectivity index is 1.38. The Hall–Kier alpha value is -1.68. The SMILES string of the molecule is N=[N+]=NCCOCCOCCNC(=O)CCCC[C@@H]1SC[C@@H]2NC(=O)N[C@@H]21. The first-order chi connectivity index (χ1) is 13.2. The zero-order chi connectivity index (χ0) is 19.3. The first-order valence-electron chi connectivity index (χ1n) is 9.34. The average molecular weight is 402 g/mol. The molecule has 0 unspecified atom stereocenters. The normalized spacial score (nSPS) is 23.3. The maximum atomic E-state index is 11.8. The molecule has 0 aromatic carbocycles. The lowest BCUT2D eigenvalue weighted by atomic mass is 10.0. The predicted octanol–water partition coefficient (Wildman–Crippen LogP) is 0.412. The lowest BCUT2D eigenvalue weighted by Crippen LogP contribution is -2.36. The molecule has 2 aliphatic heterocycles. The maximum Gasteiger partial charge on any atom is 0.315 e. The van der Waals surface area contributed by atoms with Gasteiger partial charge >= 0.3 is 6.03 Å². The molecule has 2 fully saturated rings. The van der Waals surface area contributed by atoms with E-state index < -0.39 is 0 Å². The van der Waals surface area contributed by atoms with Gasteiger partial charge in [-0.15, -0.1) is 0 Å². The second kappa shape index (κ2) is 12.7. The van der Waals surface area contributed by atoms with Crippen molar-refractivity contribution in [3.63, 3.8) is 0 Å². The summed E-state index contributed by atoms with van der Waals surface area (Å²) in [6.45, 7) is 2.67. The number of carbonyl (C=O) groups is 2. The molecular formula is C16H29N6O4S+. The summed E-state index contributed by atoms with van der Waals surface area (Å²) in [6.07, 6.45) is 3.38. The van der Waals surface area contributed by atoms with Crippen molar-refractivity contribution >= 4 is 23.7 Å². The standard InChI is InChI=1S/C16H28N6O4S/c17-22-19-6-8-26-10-9-25-7-5-18-14(23)4-2-1-3-13-15-12(11-27-13)20-16(24)21-15/h12-13,15,17H,1-11H2,(H2-,18,20,21,23,24)/p+1/t12-,13-,15-/m0/s1. The van der Waals surface area contributed by atoms with Gasteiger partial charge in [0, 0.05) is 24.0 Å². The number of unbranched alkanes of at least 4 members (excludes halogenated alkanes) is 1. The summed E-state index contributed by atoms with van der Waals surface area (Å²) in [7, 11) is 0. The quantitative estimate of drug-likeness (QED) is 0.144. The molecule has 11 heteroatoms. The highest BCUT2D eigenvalue weighted by Crippen LogP contribution is 2.33. The van der Waals surface area contributed by atoms with Crippen molar-refractivity contribution < 1.29 is 19.1 Å². The van der Waals surface area contributed by atoms with Gasteiger partial charge in [0.05, 0.1) is 38.5 Å². The van der Waals surface area contributed by atoms with Gasteiger partial charge in [-0.3, -0.25) is 4.79 Å². The van der Waals surface area contributed by atoms with Crippen LogP contribution >= 0.6 is 11.8 Å². The third kappa shape index (κ3) is 8.25. The van der Waals surface area contributed by atoms with Crippen LogP contribution < -0.4 is 20.9 Å². The Bertz CT molecular complexity index is 531. The van der Waals surface area contributed by atoms with Gasteiger partial charge in [-0.05, 0) is 12.8 Å². The van der Waals surface area contributed by atoms with Crippen LogP contribution in [0.25, 0.3) is 0 Å². The van der Waals surface area contributed by atoms with Gasteiger partial charge in [0.2, 0.25) is 10.8 Å². The number of rotatable bonds is 14. The summed E-state index contributed by atoms with van der Waals surface area (Å²) in [5.41, 5.74) is 6.48. The lowest BCUT2D eigenvalue weighted by molar-refractivity contribution is -0.121. The number of amides is 3. The number of hydrogen-bond acceptors (Lipinski definition) is 7. The fourth-order valence-electron chi connectivity index (χ4n) is 3.10. The highest BCUT2D eigenvalue weighted by atomic mass is 32.2. The lowest BCUT2D eigenvalue weighted by Gasteiger charge is -2.16. The zero-order valence-corrected chi connectivity index (χ0v) is 16.3. The van der Waals surface area contributed by atoms with E-state index in [2.05, 4.69) is 26.0 Å². The van der Waals surface area contributed by atoms with Gasteiger partial charge in [-0.1, -0.05) is 6.42 Å². The van der Waals surface area contributed by atoms with E-state index in [0.717, 1.165) is 25.0 Å². The molecule has 2 rings (SSSR count). The molecule has 0 bridgehead atoms. The molecule has 10 nitrogen and oxygen atoms in total. The Labute approximate surface area is 163 Å². The van der Waals surface area contributed by atoms with Gasteiger partial charge in [0.25, 0.3) is 0 Å². The molecule has 0 radical (unpaired) electrons. The molecule has 0 aromatic heterocycles. The minimum atomic E-state index is -0.0564. The van der Waals surface area contributed by atoms with Gasteiger partial charge in [0.1, 0.15) is 17.2 Å². The monoisotopic (exact) mass is 401 g/mol. The van der Waals surface area contributed by atoms with Crippen LogP contribution in [0.5, 0.6) is 0 Å². The molecular weight excluding hydrogens is 372 g/mol.